The topological polar surface area (TPSA) is 82.9 Å². The van der Waals surface area contributed by atoms with Gasteiger partial charge in [0.1, 0.15) is 16.5 Å². The van der Waals surface area contributed by atoms with Crippen LogP contribution in [0.4, 0.5) is 9.18 Å². The summed E-state index contributed by atoms with van der Waals surface area (Å²) in [7, 11) is -3.90. The highest BCUT2D eigenvalue weighted by molar-refractivity contribution is 7.89. The number of amides is 2. The lowest BCUT2D eigenvalue weighted by atomic mass is 10.3. The van der Waals surface area contributed by atoms with Crippen LogP contribution in [0.2, 0.25) is 0 Å². The number of benzene rings is 1. The van der Waals surface area contributed by atoms with E-state index in [1.165, 1.54) is 33.7 Å². The molecule has 9 heteroatoms. The molecular weight excluding hydrogens is 349 g/mol. The maximum Gasteiger partial charge on any atom is 0.317 e. The minimum atomic E-state index is -3.90. The smallest absolute Gasteiger partial charge is 0.317 e. The summed E-state index contributed by atoms with van der Waals surface area (Å²) in [4.78, 5) is 13.3. The van der Waals surface area contributed by atoms with Crippen molar-refractivity contribution in [1.29, 1.82) is 0 Å². The SMILES string of the molecule is O=C(NCc1ccco1)N1CCN(S(=O)(=O)c2ccccc2F)CC1. The number of nitrogens with one attached hydrogen (secondary N) is 1. The van der Waals surface area contributed by atoms with Crippen LogP contribution in [-0.2, 0) is 16.6 Å². The first-order valence-corrected chi connectivity index (χ1v) is 9.22. The Hall–Kier alpha value is -2.39. The van der Waals surface area contributed by atoms with Crippen molar-refractivity contribution >= 4 is 16.1 Å². The molecule has 0 radical (unpaired) electrons. The highest BCUT2D eigenvalue weighted by atomic mass is 32.2. The Morgan fingerprint density at radius 3 is 2.48 bits per heavy atom. The summed E-state index contributed by atoms with van der Waals surface area (Å²) in [5, 5.41) is 2.71. The predicted octanol–water partition coefficient (Wildman–Crippen LogP) is 1.63. The zero-order valence-corrected chi connectivity index (χ0v) is 14.2. The van der Waals surface area contributed by atoms with Crippen LogP contribution in [0.15, 0.2) is 52.0 Å². The van der Waals surface area contributed by atoms with E-state index in [-0.39, 0.29) is 43.7 Å². The monoisotopic (exact) mass is 367 g/mol. The molecular formula is C16H18FN3O4S. The molecule has 1 fully saturated rings. The van der Waals surface area contributed by atoms with E-state index in [1.54, 1.807) is 12.1 Å². The summed E-state index contributed by atoms with van der Waals surface area (Å²) in [5.74, 6) is -0.143. The first kappa shape index (κ1) is 17.4. The molecule has 2 aromatic rings. The number of sulfonamides is 1. The van der Waals surface area contributed by atoms with Gasteiger partial charge >= 0.3 is 6.03 Å². The van der Waals surface area contributed by atoms with Gasteiger partial charge in [-0.2, -0.15) is 4.31 Å². The van der Waals surface area contributed by atoms with Crippen molar-refractivity contribution < 1.29 is 22.0 Å². The first-order chi connectivity index (χ1) is 12.0. The molecule has 1 aliphatic rings. The molecule has 2 amide bonds. The molecule has 134 valence electrons. The number of furan rings is 1. The van der Waals surface area contributed by atoms with Gasteiger partial charge < -0.3 is 14.6 Å². The highest BCUT2D eigenvalue weighted by Gasteiger charge is 2.31. The van der Waals surface area contributed by atoms with Crippen LogP contribution >= 0.6 is 0 Å². The average molecular weight is 367 g/mol. The number of piperazine rings is 1. The second kappa shape index (κ2) is 7.24. The molecule has 1 saturated heterocycles. The predicted molar refractivity (Wildman–Crippen MR) is 87.7 cm³/mol. The largest absolute Gasteiger partial charge is 0.467 e. The number of nitrogens with zero attached hydrogens (tertiary/aromatic N) is 2. The number of hydrogen-bond acceptors (Lipinski definition) is 4. The van der Waals surface area contributed by atoms with Gasteiger partial charge in [0.15, 0.2) is 0 Å². The van der Waals surface area contributed by atoms with Crippen LogP contribution in [0.3, 0.4) is 0 Å². The fraction of sp³-hybridized carbons (Fsp3) is 0.312. The molecule has 1 N–H and O–H groups in total. The van der Waals surface area contributed by atoms with E-state index in [4.69, 9.17) is 4.42 Å². The van der Waals surface area contributed by atoms with Crippen molar-refractivity contribution in [2.45, 2.75) is 11.4 Å². The number of carbonyl (C=O) groups excluding carboxylic acids is 1. The van der Waals surface area contributed by atoms with Crippen LogP contribution in [0, 0.1) is 5.82 Å². The Labute approximate surface area is 145 Å². The zero-order chi connectivity index (χ0) is 17.9. The molecule has 1 aromatic carbocycles. The maximum absolute atomic E-state index is 13.8. The van der Waals surface area contributed by atoms with E-state index in [9.17, 15) is 17.6 Å². The van der Waals surface area contributed by atoms with E-state index in [2.05, 4.69) is 5.32 Å². The quantitative estimate of drug-likeness (QED) is 0.890. The molecule has 0 aliphatic carbocycles. The lowest BCUT2D eigenvalue weighted by Gasteiger charge is -2.33. The van der Waals surface area contributed by atoms with Gasteiger partial charge in [-0.3, -0.25) is 0 Å². The number of halogens is 1. The zero-order valence-electron chi connectivity index (χ0n) is 13.4. The molecule has 0 unspecified atom stereocenters. The molecule has 25 heavy (non-hydrogen) atoms. The van der Waals surface area contributed by atoms with Gasteiger partial charge in [0.25, 0.3) is 0 Å². The number of carbonyl (C=O) groups is 1. The maximum atomic E-state index is 13.8. The van der Waals surface area contributed by atoms with Crippen LogP contribution in [0.5, 0.6) is 0 Å². The van der Waals surface area contributed by atoms with Gasteiger partial charge in [-0.25, -0.2) is 17.6 Å². The summed E-state index contributed by atoms with van der Waals surface area (Å²) in [6, 6.07) is 8.47. The van der Waals surface area contributed by atoms with E-state index < -0.39 is 15.8 Å². The van der Waals surface area contributed by atoms with Crippen molar-refractivity contribution in [2.75, 3.05) is 26.2 Å². The Bertz CT molecular complexity index is 831. The van der Waals surface area contributed by atoms with Gasteiger partial charge in [0, 0.05) is 26.2 Å². The molecule has 3 rings (SSSR count). The Morgan fingerprint density at radius 1 is 1.12 bits per heavy atom. The fourth-order valence-electron chi connectivity index (χ4n) is 2.61. The molecule has 0 bridgehead atoms. The summed E-state index contributed by atoms with van der Waals surface area (Å²) < 4.78 is 45.2. The molecule has 7 nitrogen and oxygen atoms in total. The van der Waals surface area contributed by atoms with Crippen molar-refractivity contribution in [3.05, 3.63) is 54.2 Å². The number of rotatable bonds is 4. The van der Waals surface area contributed by atoms with E-state index >= 15 is 0 Å². The van der Waals surface area contributed by atoms with Crippen LogP contribution in [0.1, 0.15) is 5.76 Å². The molecule has 0 spiro atoms. The molecule has 0 saturated carbocycles. The van der Waals surface area contributed by atoms with Crippen molar-refractivity contribution in [3.8, 4) is 0 Å². The van der Waals surface area contributed by atoms with Gasteiger partial charge in [0.05, 0.1) is 12.8 Å². The van der Waals surface area contributed by atoms with Crippen molar-refractivity contribution in [2.24, 2.45) is 0 Å². The van der Waals surface area contributed by atoms with E-state index in [0.29, 0.717) is 5.76 Å². The lowest BCUT2D eigenvalue weighted by molar-refractivity contribution is 0.171. The van der Waals surface area contributed by atoms with Crippen LogP contribution in [0.25, 0.3) is 0 Å². The Balaban J connectivity index is 1.58. The van der Waals surface area contributed by atoms with Gasteiger partial charge in [-0.15, -0.1) is 0 Å². The average Bonchev–Trinajstić information content (AvgIpc) is 3.13. The van der Waals surface area contributed by atoms with Gasteiger partial charge in [0.2, 0.25) is 10.0 Å². The lowest BCUT2D eigenvalue weighted by Crippen LogP contribution is -2.53. The normalized spacial score (nSPS) is 16.0. The van der Waals surface area contributed by atoms with Crippen LogP contribution in [-0.4, -0.2) is 49.8 Å². The minimum Gasteiger partial charge on any atom is -0.467 e. The third kappa shape index (κ3) is 3.83. The van der Waals surface area contributed by atoms with Gasteiger partial charge in [-0.1, -0.05) is 12.1 Å². The molecule has 0 atom stereocenters. The number of hydrogen-bond donors (Lipinski definition) is 1. The van der Waals surface area contributed by atoms with Crippen molar-refractivity contribution in [3.63, 3.8) is 0 Å². The summed E-state index contributed by atoms with van der Waals surface area (Å²) in [5.41, 5.74) is 0. The fourth-order valence-corrected chi connectivity index (χ4v) is 4.10. The second-order valence-electron chi connectivity index (χ2n) is 5.56. The minimum absolute atomic E-state index is 0.116. The standard InChI is InChI=1S/C16H18FN3O4S/c17-14-5-1-2-6-15(14)25(22,23)20-9-7-19(8-10-20)16(21)18-12-13-4-3-11-24-13/h1-6,11H,7-10,12H2,(H,18,21). The summed E-state index contributed by atoms with van der Waals surface area (Å²) in [6.07, 6.45) is 1.52. The van der Waals surface area contributed by atoms with E-state index in [0.717, 1.165) is 6.07 Å². The van der Waals surface area contributed by atoms with Gasteiger partial charge in [-0.05, 0) is 24.3 Å². The molecule has 2 heterocycles. The third-order valence-electron chi connectivity index (χ3n) is 3.97. The van der Waals surface area contributed by atoms with E-state index in [1.807, 2.05) is 0 Å². The molecule has 1 aliphatic heterocycles. The summed E-state index contributed by atoms with van der Waals surface area (Å²) >= 11 is 0. The Morgan fingerprint density at radius 2 is 1.84 bits per heavy atom. The third-order valence-corrected chi connectivity index (χ3v) is 5.91. The summed E-state index contributed by atoms with van der Waals surface area (Å²) in [6.45, 7) is 0.963. The number of urea groups is 1. The molecule has 1 aromatic heterocycles. The van der Waals surface area contributed by atoms with Crippen LogP contribution < -0.4 is 5.32 Å². The Kier molecular flexibility index (Phi) is 5.05. The highest BCUT2D eigenvalue weighted by Crippen LogP contribution is 2.20. The second-order valence-corrected chi connectivity index (χ2v) is 7.47. The van der Waals surface area contributed by atoms with Crippen molar-refractivity contribution in [1.82, 2.24) is 14.5 Å². The first-order valence-electron chi connectivity index (χ1n) is 7.78.